The van der Waals surface area contributed by atoms with E-state index in [4.69, 9.17) is 11.6 Å². The minimum Gasteiger partial charge on any atom is -0.390 e. The summed E-state index contributed by atoms with van der Waals surface area (Å²) in [4.78, 5) is 6.80. The predicted octanol–water partition coefficient (Wildman–Crippen LogP) is 6.06. The van der Waals surface area contributed by atoms with E-state index in [0.29, 0.717) is 6.42 Å². The van der Waals surface area contributed by atoms with Crippen molar-refractivity contribution in [3.63, 3.8) is 0 Å². The fourth-order valence-electron chi connectivity index (χ4n) is 2.91. The maximum absolute atomic E-state index is 10.0. The van der Waals surface area contributed by atoms with Gasteiger partial charge in [0.05, 0.1) is 5.60 Å². The van der Waals surface area contributed by atoms with Gasteiger partial charge in [0.2, 0.25) is 0 Å². The third-order valence-electron chi connectivity index (χ3n) is 4.05. The number of thiophene rings is 1. The van der Waals surface area contributed by atoms with Gasteiger partial charge in [0.25, 0.3) is 0 Å². The Morgan fingerprint density at radius 3 is 2.52 bits per heavy atom. The van der Waals surface area contributed by atoms with E-state index >= 15 is 0 Å². The molecule has 0 aliphatic carbocycles. The molecule has 4 heteroatoms. The van der Waals surface area contributed by atoms with Crippen molar-refractivity contribution in [2.24, 2.45) is 0 Å². The summed E-state index contributed by atoms with van der Waals surface area (Å²) in [6, 6.07) is 12.4. The number of hydrogen-bond donors (Lipinski definition) is 1. The third kappa shape index (κ3) is 4.30. The van der Waals surface area contributed by atoms with Crippen LogP contribution in [0.5, 0.6) is 0 Å². The number of aryl methyl sites for hydroxylation is 2. The first-order valence-electron chi connectivity index (χ1n) is 8.27. The van der Waals surface area contributed by atoms with Crippen molar-refractivity contribution in [2.75, 3.05) is 0 Å². The number of nitrogens with zero attached hydrogens (tertiary/aromatic N) is 1. The van der Waals surface area contributed by atoms with E-state index in [1.165, 1.54) is 15.3 Å². The molecule has 0 bridgehead atoms. The lowest BCUT2D eigenvalue weighted by Gasteiger charge is -2.16. The van der Waals surface area contributed by atoms with Gasteiger partial charge in [0.1, 0.15) is 0 Å². The van der Waals surface area contributed by atoms with Gasteiger partial charge in [0, 0.05) is 38.7 Å². The van der Waals surface area contributed by atoms with Gasteiger partial charge >= 0.3 is 0 Å². The molecule has 0 amide bonds. The average Bonchev–Trinajstić information content (AvgIpc) is 2.87. The number of aromatic nitrogens is 1. The Labute approximate surface area is 158 Å². The first kappa shape index (κ1) is 18.1. The fraction of sp³-hybridized carbons (Fsp3) is 0.286. The van der Waals surface area contributed by atoms with E-state index in [2.05, 4.69) is 36.2 Å². The Kier molecular flexibility index (Phi) is 5.01. The number of aliphatic hydroxyl groups is 1. The zero-order valence-electron chi connectivity index (χ0n) is 14.9. The van der Waals surface area contributed by atoms with Crippen LogP contribution in [0.2, 0.25) is 5.02 Å². The molecule has 130 valence electrons. The molecular weight excluding hydrogens is 350 g/mol. The Balaban J connectivity index is 1.99. The summed E-state index contributed by atoms with van der Waals surface area (Å²) in [5, 5.41) is 10.8. The van der Waals surface area contributed by atoms with Crippen LogP contribution in [0.4, 0.5) is 0 Å². The fourth-order valence-corrected chi connectivity index (χ4v) is 4.38. The summed E-state index contributed by atoms with van der Waals surface area (Å²) in [7, 11) is 0. The SMILES string of the molecule is Cc1ccc(-c2cc(-c3ccnc(CC(C)(C)O)c3)c(C)s2)c(Cl)c1. The molecule has 0 fully saturated rings. The first-order chi connectivity index (χ1) is 11.7. The number of benzene rings is 1. The number of rotatable bonds is 4. The normalized spacial score (nSPS) is 11.8. The molecule has 1 aromatic carbocycles. The van der Waals surface area contributed by atoms with Crippen molar-refractivity contribution in [1.29, 1.82) is 0 Å². The van der Waals surface area contributed by atoms with E-state index < -0.39 is 5.60 Å². The van der Waals surface area contributed by atoms with Gasteiger partial charge in [-0.15, -0.1) is 11.3 Å². The number of hydrogen-bond acceptors (Lipinski definition) is 3. The van der Waals surface area contributed by atoms with Crippen LogP contribution in [-0.2, 0) is 6.42 Å². The van der Waals surface area contributed by atoms with Crippen molar-refractivity contribution in [3.8, 4) is 21.6 Å². The van der Waals surface area contributed by atoms with E-state index in [-0.39, 0.29) is 0 Å². The van der Waals surface area contributed by atoms with Gasteiger partial charge in [-0.25, -0.2) is 0 Å². The second kappa shape index (κ2) is 6.91. The Hall–Kier alpha value is -1.68. The molecule has 3 rings (SSSR count). The molecule has 2 nitrogen and oxygen atoms in total. The Bertz CT molecular complexity index is 908. The summed E-state index contributed by atoms with van der Waals surface area (Å²) in [6.45, 7) is 7.77. The van der Waals surface area contributed by atoms with Gasteiger partial charge in [0.15, 0.2) is 0 Å². The van der Waals surface area contributed by atoms with Gasteiger partial charge in [-0.1, -0.05) is 23.7 Å². The molecule has 0 saturated heterocycles. The number of halogens is 1. The highest BCUT2D eigenvalue weighted by atomic mass is 35.5. The lowest BCUT2D eigenvalue weighted by Crippen LogP contribution is -2.22. The first-order valence-corrected chi connectivity index (χ1v) is 9.47. The minimum absolute atomic E-state index is 0.528. The van der Waals surface area contributed by atoms with E-state index in [9.17, 15) is 5.11 Å². The van der Waals surface area contributed by atoms with Gasteiger partial charge in [-0.05, 0) is 68.7 Å². The summed E-state index contributed by atoms with van der Waals surface area (Å²) in [6.07, 6.45) is 2.34. The van der Waals surface area contributed by atoms with Gasteiger partial charge < -0.3 is 5.11 Å². The average molecular weight is 372 g/mol. The zero-order chi connectivity index (χ0) is 18.2. The van der Waals surface area contributed by atoms with Crippen LogP contribution in [0, 0.1) is 13.8 Å². The minimum atomic E-state index is -0.768. The van der Waals surface area contributed by atoms with Crippen molar-refractivity contribution in [1.82, 2.24) is 4.98 Å². The molecule has 3 aromatic rings. The van der Waals surface area contributed by atoms with Crippen LogP contribution in [0.1, 0.15) is 30.0 Å². The molecule has 0 unspecified atom stereocenters. The van der Waals surface area contributed by atoms with Crippen molar-refractivity contribution < 1.29 is 5.11 Å². The molecule has 0 radical (unpaired) electrons. The van der Waals surface area contributed by atoms with Crippen LogP contribution in [0.25, 0.3) is 21.6 Å². The van der Waals surface area contributed by atoms with Crippen LogP contribution in [0.15, 0.2) is 42.6 Å². The smallest absolute Gasteiger partial charge is 0.0647 e. The molecule has 0 aliphatic heterocycles. The molecule has 0 aliphatic rings. The highest BCUT2D eigenvalue weighted by Gasteiger charge is 2.16. The second-order valence-electron chi connectivity index (χ2n) is 7.09. The topological polar surface area (TPSA) is 33.1 Å². The Morgan fingerprint density at radius 1 is 1.08 bits per heavy atom. The Morgan fingerprint density at radius 2 is 1.84 bits per heavy atom. The van der Waals surface area contributed by atoms with Crippen molar-refractivity contribution >= 4 is 22.9 Å². The number of pyridine rings is 1. The second-order valence-corrected chi connectivity index (χ2v) is 8.75. The molecule has 0 atom stereocenters. The van der Waals surface area contributed by atoms with E-state index in [0.717, 1.165) is 27.4 Å². The molecule has 1 N–H and O–H groups in total. The lowest BCUT2D eigenvalue weighted by molar-refractivity contribution is 0.0800. The predicted molar refractivity (Wildman–Crippen MR) is 107 cm³/mol. The van der Waals surface area contributed by atoms with Gasteiger partial charge in [-0.3, -0.25) is 4.98 Å². The molecule has 2 heterocycles. The third-order valence-corrected chi connectivity index (χ3v) is 5.45. The van der Waals surface area contributed by atoms with Gasteiger partial charge in [-0.2, -0.15) is 0 Å². The monoisotopic (exact) mass is 371 g/mol. The van der Waals surface area contributed by atoms with E-state index in [1.54, 1.807) is 25.2 Å². The van der Waals surface area contributed by atoms with Crippen LogP contribution in [-0.4, -0.2) is 15.7 Å². The lowest BCUT2D eigenvalue weighted by atomic mass is 9.99. The molecule has 25 heavy (non-hydrogen) atoms. The maximum Gasteiger partial charge on any atom is 0.0647 e. The maximum atomic E-state index is 10.0. The van der Waals surface area contributed by atoms with Crippen LogP contribution in [0.3, 0.4) is 0 Å². The standard InChI is InChI=1S/C21H22ClNOS/c1-13-5-6-17(19(22)9-13)20-11-18(14(2)25-20)15-7-8-23-16(10-15)12-21(3,4)24/h5-11,24H,12H2,1-4H3. The molecule has 0 saturated carbocycles. The summed E-state index contributed by atoms with van der Waals surface area (Å²) >= 11 is 8.19. The molecule has 0 spiro atoms. The van der Waals surface area contributed by atoms with Crippen LogP contribution < -0.4 is 0 Å². The largest absolute Gasteiger partial charge is 0.390 e. The van der Waals surface area contributed by atoms with Crippen LogP contribution >= 0.6 is 22.9 Å². The summed E-state index contributed by atoms with van der Waals surface area (Å²) in [5.74, 6) is 0. The summed E-state index contributed by atoms with van der Waals surface area (Å²) in [5.41, 5.74) is 4.67. The summed E-state index contributed by atoms with van der Waals surface area (Å²) < 4.78 is 0. The molecular formula is C21H22ClNOS. The molecule has 2 aromatic heterocycles. The van der Waals surface area contributed by atoms with Crippen molar-refractivity contribution in [3.05, 3.63) is 63.8 Å². The van der Waals surface area contributed by atoms with E-state index in [1.807, 2.05) is 25.3 Å². The highest BCUT2D eigenvalue weighted by Crippen LogP contribution is 2.39. The quantitative estimate of drug-likeness (QED) is 0.604. The van der Waals surface area contributed by atoms with Crippen molar-refractivity contribution in [2.45, 2.75) is 39.7 Å². The zero-order valence-corrected chi connectivity index (χ0v) is 16.5. The highest BCUT2D eigenvalue weighted by molar-refractivity contribution is 7.16.